The smallest absolute Gasteiger partial charge is 0.122 e. The van der Waals surface area contributed by atoms with Crippen molar-refractivity contribution in [3.05, 3.63) is 28.8 Å². The fraction of sp³-hybridized carbons (Fsp3) is 0.571. The lowest BCUT2D eigenvalue weighted by Gasteiger charge is -2.21. The van der Waals surface area contributed by atoms with Gasteiger partial charge in [-0.3, -0.25) is 0 Å². The van der Waals surface area contributed by atoms with Crippen LogP contribution in [0.25, 0.3) is 0 Å². The first-order chi connectivity index (χ1) is 8.13. The van der Waals surface area contributed by atoms with E-state index in [1.54, 1.807) is 14.2 Å². The molecular formula is C14H23NO2. The van der Waals surface area contributed by atoms with Crippen molar-refractivity contribution in [2.24, 2.45) is 0 Å². The number of benzene rings is 1. The van der Waals surface area contributed by atoms with Gasteiger partial charge in [-0.1, -0.05) is 13.0 Å². The lowest BCUT2D eigenvalue weighted by molar-refractivity contribution is 0.167. The van der Waals surface area contributed by atoms with E-state index in [9.17, 15) is 0 Å². The first kappa shape index (κ1) is 14.0. The Balaban J connectivity index is 3.05. The second-order valence-corrected chi connectivity index (χ2v) is 4.24. The van der Waals surface area contributed by atoms with E-state index in [2.05, 4.69) is 38.2 Å². The summed E-state index contributed by atoms with van der Waals surface area (Å²) in [4.78, 5) is 0. The Labute approximate surface area is 104 Å². The van der Waals surface area contributed by atoms with Crippen molar-refractivity contribution < 1.29 is 9.47 Å². The van der Waals surface area contributed by atoms with Crippen LogP contribution < -0.4 is 10.1 Å². The largest absolute Gasteiger partial charge is 0.496 e. The Hall–Kier alpha value is -1.06. The zero-order valence-corrected chi connectivity index (χ0v) is 11.5. The first-order valence-electron chi connectivity index (χ1n) is 6.01. The lowest BCUT2D eigenvalue weighted by atomic mass is 9.98. The number of aryl methyl sites for hydroxylation is 2. The van der Waals surface area contributed by atoms with Crippen LogP contribution in [0.4, 0.5) is 0 Å². The maximum absolute atomic E-state index is 5.33. The van der Waals surface area contributed by atoms with Gasteiger partial charge in [0.15, 0.2) is 0 Å². The second-order valence-electron chi connectivity index (χ2n) is 4.24. The van der Waals surface area contributed by atoms with Crippen molar-refractivity contribution in [2.75, 3.05) is 27.4 Å². The van der Waals surface area contributed by atoms with Crippen LogP contribution in [-0.4, -0.2) is 27.4 Å². The van der Waals surface area contributed by atoms with Crippen LogP contribution in [-0.2, 0) is 4.74 Å². The van der Waals surface area contributed by atoms with Gasteiger partial charge in [0.25, 0.3) is 0 Å². The average Bonchev–Trinajstić information content (AvgIpc) is 2.31. The second kappa shape index (κ2) is 6.62. The number of ether oxygens (including phenoxy) is 2. The molecule has 0 bridgehead atoms. The number of rotatable bonds is 6. The van der Waals surface area contributed by atoms with E-state index in [1.165, 1.54) is 11.1 Å². The number of methoxy groups -OCH3 is 2. The highest BCUT2D eigenvalue weighted by molar-refractivity contribution is 5.42. The maximum atomic E-state index is 5.33. The molecule has 3 nitrogen and oxygen atoms in total. The molecule has 0 aliphatic rings. The van der Waals surface area contributed by atoms with E-state index in [0.717, 1.165) is 17.9 Å². The molecule has 96 valence electrons. The zero-order valence-electron chi connectivity index (χ0n) is 11.5. The molecule has 1 aromatic carbocycles. The molecule has 0 saturated carbocycles. The lowest BCUT2D eigenvalue weighted by Crippen LogP contribution is -2.25. The molecule has 1 N–H and O–H groups in total. The summed E-state index contributed by atoms with van der Waals surface area (Å²) in [7, 11) is 3.44. The molecule has 0 saturated heterocycles. The summed E-state index contributed by atoms with van der Waals surface area (Å²) < 4.78 is 10.6. The molecule has 17 heavy (non-hydrogen) atoms. The predicted octanol–water partition coefficient (Wildman–Crippen LogP) is 2.61. The van der Waals surface area contributed by atoms with Crippen molar-refractivity contribution in [3.8, 4) is 5.75 Å². The van der Waals surface area contributed by atoms with Crippen LogP contribution in [0.5, 0.6) is 5.75 Å². The quantitative estimate of drug-likeness (QED) is 0.825. The summed E-state index contributed by atoms with van der Waals surface area (Å²) in [5.41, 5.74) is 3.68. The molecule has 0 aliphatic heterocycles. The Kier molecular flexibility index (Phi) is 5.45. The molecule has 0 radical (unpaired) electrons. The van der Waals surface area contributed by atoms with E-state index in [1.807, 2.05) is 0 Å². The standard InChI is InChI=1S/C14H23NO2/c1-6-15-13(9-16-4)12-7-11(3)14(17-5)8-10(12)2/h7-8,13,15H,6,9H2,1-5H3. The van der Waals surface area contributed by atoms with E-state index in [4.69, 9.17) is 9.47 Å². The van der Waals surface area contributed by atoms with Crippen LogP contribution in [0, 0.1) is 13.8 Å². The average molecular weight is 237 g/mol. The van der Waals surface area contributed by atoms with Crippen LogP contribution in [0.3, 0.4) is 0 Å². The van der Waals surface area contributed by atoms with Gasteiger partial charge in [-0.05, 0) is 43.1 Å². The molecule has 1 rings (SSSR count). The predicted molar refractivity (Wildman–Crippen MR) is 70.8 cm³/mol. The van der Waals surface area contributed by atoms with Gasteiger partial charge in [0, 0.05) is 7.11 Å². The monoisotopic (exact) mass is 237 g/mol. The molecule has 0 aliphatic carbocycles. The molecule has 1 unspecified atom stereocenters. The van der Waals surface area contributed by atoms with Gasteiger partial charge >= 0.3 is 0 Å². The molecule has 1 aromatic rings. The minimum Gasteiger partial charge on any atom is -0.496 e. The topological polar surface area (TPSA) is 30.5 Å². The Bertz CT molecular complexity index is 357. The number of hydrogen-bond acceptors (Lipinski definition) is 3. The first-order valence-corrected chi connectivity index (χ1v) is 6.01. The van der Waals surface area contributed by atoms with Gasteiger partial charge in [-0.2, -0.15) is 0 Å². The van der Waals surface area contributed by atoms with Crippen LogP contribution >= 0.6 is 0 Å². The SMILES string of the molecule is CCNC(COC)c1cc(C)c(OC)cc1C. The van der Waals surface area contributed by atoms with E-state index in [0.29, 0.717) is 6.61 Å². The summed E-state index contributed by atoms with van der Waals surface area (Å²) in [6.45, 7) is 7.89. The van der Waals surface area contributed by atoms with E-state index < -0.39 is 0 Å². The minimum absolute atomic E-state index is 0.245. The van der Waals surface area contributed by atoms with Gasteiger partial charge in [-0.25, -0.2) is 0 Å². The number of likely N-dealkylation sites (N-methyl/N-ethyl adjacent to an activating group) is 1. The summed E-state index contributed by atoms with van der Waals surface area (Å²) in [6, 6.07) is 4.51. The fourth-order valence-corrected chi connectivity index (χ4v) is 2.08. The van der Waals surface area contributed by atoms with Crippen molar-refractivity contribution in [3.63, 3.8) is 0 Å². The third-order valence-electron chi connectivity index (χ3n) is 2.94. The third kappa shape index (κ3) is 3.45. The molecule has 0 spiro atoms. The van der Waals surface area contributed by atoms with Crippen LogP contribution in [0.15, 0.2) is 12.1 Å². The highest BCUT2D eigenvalue weighted by atomic mass is 16.5. The normalized spacial score (nSPS) is 12.5. The van der Waals surface area contributed by atoms with Gasteiger partial charge in [-0.15, -0.1) is 0 Å². The highest BCUT2D eigenvalue weighted by Gasteiger charge is 2.14. The Morgan fingerprint density at radius 1 is 1.18 bits per heavy atom. The van der Waals surface area contributed by atoms with Crippen LogP contribution in [0.1, 0.15) is 29.7 Å². The summed E-state index contributed by atoms with van der Waals surface area (Å²) in [5.74, 6) is 0.943. The van der Waals surface area contributed by atoms with Gasteiger partial charge in [0.2, 0.25) is 0 Å². The van der Waals surface area contributed by atoms with Crippen molar-refractivity contribution >= 4 is 0 Å². The summed E-state index contributed by atoms with van der Waals surface area (Å²) >= 11 is 0. The molecule has 0 aromatic heterocycles. The van der Waals surface area contributed by atoms with E-state index in [-0.39, 0.29) is 6.04 Å². The fourth-order valence-electron chi connectivity index (χ4n) is 2.08. The van der Waals surface area contributed by atoms with Gasteiger partial charge in [0.1, 0.15) is 5.75 Å². The minimum atomic E-state index is 0.245. The van der Waals surface area contributed by atoms with Crippen molar-refractivity contribution in [1.29, 1.82) is 0 Å². The molecule has 0 fully saturated rings. The van der Waals surface area contributed by atoms with Crippen molar-refractivity contribution in [1.82, 2.24) is 5.32 Å². The molecule has 0 heterocycles. The maximum Gasteiger partial charge on any atom is 0.122 e. The zero-order chi connectivity index (χ0) is 12.8. The summed E-state index contributed by atoms with van der Waals surface area (Å²) in [5, 5.41) is 3.44. The van der Waals surface area contributed by atoms with E-state index >= 15 is 0 Å². The van der Waals surface area contributed by atoms with Crippen LogP contribution in [0.2, 0.25) is 0 Å². The number of nitrogens with one attached hydrogen (secondary N) is 1. The summed E-state index contributed by atoms with van der Waals surface area (Å²) in [6.07, 6.45) is 0. The van der Waals surface area contributed by atoms with Gasteiger partial charge < -0.3 is 14.8 Å². The molecular weight excluding hydrogens is 214 g/mol. The third-order valence-corrected chi connectivity index (χ3v) is 2.94. The Morgan fingerprint density at radius 2 is 1.88 bits per heavy atom. The van der Waals surface area contributed by atoms with Gasteiger partial charge in [0.05, 0.1) is 19.8 Å². The molecule has 3 heteroatoms. The highest BCUT2D eigenvalue weighted by Crippen LogP contribution is 2.26. The van der Waals surface area contributed by atoms with Crippen molar-refractivity contribution in [2.45, 2.75) is 26.8 Å². The number of hydrogen-bond donors (Lipinski definition) is 1. The molecule has 1 atom stereocenters. The Morgan fingerprint density at radius 3 is 2.41 bits per heavy atom. The molecule has 0 amide bonds.